The Morgan fingerprint density at radius 2 is 1.85 bits per heavy atom. The third-order valence-corrected chi connectivity index (χ3v) is 7.07. The van der Waals surface area contributed by atoms with Gasteiger partial charge in [0, 0.05) is 42.8 Å². The molecule has 0 unspecified atom stereocenters. The first kappa shape index (κ1) is 23.7. The molecule has 2 aliphatic heterocycles. The fourth-order valence-corrected chi connectivity index (χ4v) is 4.89. The predicted molar refractivity (Wildman–Crippen MR) is 133 cm³/mol. The average molecular weight is 490 g/mol. The second kappa shape index (κ2) is 10.2. The number of nitrogens with one attached hydrogen (secondary N) is 1. The zero-order valence-electron chi connectivity index (χ0n) is 18.9. The number of anilines is 2. The van der Waals surface area contributed by atoms with Crippen molar-refractivity contribution in [1.82, 2.24) is 4.90 Å². The molecule has 2 fully saturated rings. The highest BCUT2D eigenvalue weighted by molar-refractivity contribution is 6.32. The summed E-state index contributed by atoms with van der Waals surface area (Å²) in [5.41, 5.74) is 2.78. The number of likely N-dealkylation sites (tertiary alicyclic amines) is 1. The summed E-state index contributed by atoms with van der Waals surface area (Å²) >= 11 is 12.6. The van der Waals surface area contributed by atoms with Gasteiger partial charge in [0.05, 0.1) is 11.6 Å². The van der Waals surface area contributed by atoms with E-state index in [4.69, 9.17) is 27.9 Å². The molecular weight excluding hydrogens is 461 g/mol. The summed E-state index contributed by atoms with van der Waals surface area (Å²) in [7, 11) is 0. The number of hydrogen-bond acceptors (Lipinski definition) is 4. The van der Waals surface area contributed by atoms with Gasteiger partial charge in [-0.1, -0.05) is 23.2 Å². The van der Waals surface area contributed by atoms with Gasteiger partial charge in [-0.05, 0) is 68.1 Å². The summed E-state index contributed by atoms with van der Waals surface area (Å²) < 4.78 is 6.17. The van der Waals surface area contributed by atoms with E-state index in [0.29, 0.717) is 29.4 Å². The molecule has 2 amide bonds. The van der Waals surface area contributed by atoms with E-state index >= 15 is 0 Å². The first-order chi connectivity index (χ1) is 15.8. The highest BCUT2D eigenvalue weighted by Gasteiger charge is 2.30. The Bertz CT molecular complexity index is 1050. The quantitative estimate of drug-likeness (QED) is 0.618. The van der Waals surface area contributed by atoms with Gasteiger partial charge < -0.3 is 19.9 Å². The Morgan fingerprint density at radius 3 is 2.58 bits per heavy atom. The summed E-state index contributed by atoms with van der Waals surface area (Å²) in [4.78, 5) is 28.6. The fourth-order valence-electron chi connectivity index (χ4n) is 4.54. The van der Waals surface area contributed by atoms with E-state index in [0.717, 1.165) is 48.6 Å². The minimum absolute atomic E-state index is 0.0188. The fraction of sp³-hybridized carbons (Fsp3) is 0.440. The lowest BCUT2D eigenvalue weighted by Gasteiger charge is -2.33. The van der Waals surface area contributed by atoms with Crippen LogP contribution >= 0.6 is 23.2 Å². The smallest absolute Gasteiger partial charge is 0.247 e. The maximum absolute atomic E-state index is 12.8. The van der Waals surface area contributed by atoms with Crippen LogP contribution in [0.4, 0.5) is 11.4 Å². The van der Waals surface area contributed by atoms with E-state index in [2.05, 4.69) is 16.3 Å². The summed E-state index contributed by atoms with van der Waals surface area (Å²) in [5.74, 6) is 0.340. The van der Waals surface area contributed by atoms with Crippen molar-refractivity contribution in [2.45, 2.75) is 51.7 Å². The highest BCUT2D eigenvalue weighted by atomic mass is 35.5. The number of piperidine rings is 1. The summed E-state index contributed by atoms with van der Waals surface area (Å²) in [6.45, 7) is 5.79. The van der Waals surface area contributed by atoms with Gasteiger partial charge in [-0.3, -0.25) is 9.59 Å². The Labute approximate surface area is 204 Å². The molecule has 2 aromatic carbocycles. The van der Waals surface area contributed by atoms with Crippen LogP contribution in [0.5, 0.6) is 5.75 Å². The first-order valence-electron chi connectivity index (χ1n) is 11.4. The molecule has 33 heavy (non-hydrogen) atoms. The number of carbonyl (C=O) groups is 2. The number of amides is 2. The molecule has 4 rings (SSSR count). The molecule has 0 radical (unpaired) electrons. The molecule has 176 valence electrons. The second-order valence-electron chi connectivity index (χ2n) is 8.77. The van der Waals surface area contributed by atoms with E-state index in [9.17, 15) is 9.59 Å². The Balaban J connectivity index is 1.36. The maximum atomic E-state index is 12.8. The molecular formula is C25H29Cl2N3O3. The number of hydrogen-bond donors (Lipinski definition) is 1. The third kappa shape index (κ3) is 5.56. The lowest BCUT2D eigenvalue weighted by atomic mass is 10.0. The molecule has 2 saturated heterocycles. The minimum atomic E-state index is -0.438. The van der Waals surface area contributed by atoms with E-state index in [1.54, 1.807) is 23.1 Å². The van der Waals surface area contributed by atoms with E-state index in [1.807, 2.05) is 19.1 Å². The molecule has 0 spiro atoms. The van der Waals surface area contributed by atoms with Gasteiger partial charge in [0.1, 0.15) is 17.9 Å². The van der Waals surface area contributed by atoms with Crippen LogP contribution < -0.4 is 15.0 Å². The molecule has 1 N–H and O–H groups in total. The van der Waals surface area contributed by atoms with Crippen molar-refractivity contribution >= 4 is 46.4 Å². The molecule has 0 aromatic heterocycles. The normalized spacial score (nSPS) is 20.6. The topological polar surface area (TPSA) is 61.9 Å². The van der Waals surface area contributed by atoms with Gasteiger partial charge in [-0.2, -0.15) is 0 Å². The number of carbonyl (C=O) groups excluding carboxylic acids is 2. The predicted octanol–water partition coefficient (Wildman–Crippen LogP) is 5.30. The second-order valence-corrected chi connectivity index (χ2v) is 9.58. The SMILES string of the molecule is CC(=O)N1CCCC[C@@H]1C(=O)Nc1ccc(O[C@H]2CCN(c3ccc(Cl)c(C)c3)C2)c(Cl)c1. The molecule has 0 saturated carbocycles. The van der Waals surface area contributed by atoms with Crippen molar-refractivity contribution in [1.29, 1.82) is 0 Å². The highest BCUT2D eigenvalue weighted by Crippen LogP contribution is 2.32. The monoisotopic (exact) mass is 489 g/mol. The van der Waals surface area contributed by atoms with Crippen LogP contribution in [0.1, 0.15) is 38.2 Å². The Morgan fingerprint density at radius 1 is 1.03 bits per heavy atom. The number of halogens is 2. The van der Waals surface area contributed by atoms with Gasteiger partial charge in [0.25, 0.3) is 0 Å². The van der Waals surface area contributed by atoms with Crippen molar-refractivity contribution in [2.75, 3.05) is 29.9 Å². The van der Waals surface area contributed by atoms with Crippen molar-refractivity contribution in [2.24, 2.45) is 0 Å². The molecule has 0 aliphatic carbocycles. The summed E-state index contributed by atoms with van der Waals surface area (Å²) in [5, 5.41) is 4.12. The van der Waals surface area contributed by atoms with Crippen molar-refractivity contribution in [3.05, 3.63) is 52.0 Å². The first-order valence-corrected chi connectivity index (χ1v) is 12.1. The van der Waals surface area contributed by atoms with E-state index in [1.165, 1.54) is 6.92 Å². The van der Waals surface area contributed by atoms with Crippen molar-refractivity contribution in [3.8, 4) is 5.75 Å². The van der Waals surface area contributed by atoms with Crippen LogP contribution in [0.25, 0.3) is 0 Å². The van der Waals surface area contributed by atoms with Crippen molar-refractivity contribution in [3.63, 3.8) is 0 Å². The summed E-state index contributed by atoms with van der Waals surface area (Å²) in [6.07, 6.45) is 3.44. The zero-order chi connectivity index (χ0) is 23.5. The van der Waals surface area contributed by atoms with Gasteiger partial charge in [0.15, 0.2) is 0 Å². The number of nitrogens with zero attached hydrogens (tertiary/aromatic N) is 2. The Kier molecular flexibility index (Phi) is 7.35. The van der Waals surface area contributed by atoms with Crippen LogP contribution in [0.2, 0.25) is 10.0 Å². The molecule has 6 nitrogen and oxygen atoms in total. The van der Waals surface area contributed by atoms with Crippen LogP contribution in [-0.2, 0) is 9.59 Å². The third-order valence-electron chi connectivity index (χ3n) is 6.35. The summed E-state index contributed by atoms with van der Waals surface area (Å²) in [6, 6.07) is 10.9. The maximum Gasteiger partial charge on any atom is 0.247 e. The van der Waals surface area contributed by atoms with Crippen LogP contribution in [0.15, 0.2) is 36.4 Å². The number of benzene rings is 2. The molecule has 2 atom stereocenters. The molecule has 2 aliphatic rings. The molecule has 2 aromatic rings. The molecule has 8 heteroatoms. The van der Waals surface area contributed by atoms with Gasteiger partial charge in [0.2, 0.25) is 11.8 Å². The number of ether oxygens (including phenoxy) is 1. The lowest BCUT2D eigenvalue weighted by molar-refractivity contribution is -0.138. The molecule has 0 bridgehead atoms. The molecule has 2 heterocycles. The van der Waals surface area contributed by atoms with Gasteiger partial charge in [-0.15, -0.1) is 0 Å². The largest absolute Gasteiger partial charge is 0.487 e. The van der Waals surface area contributed by atoms with Gasteiger partial charge >= 0.3 is 0 Å². The number of rotatable bonds is 5. The minimum Gasteiger partial charge on any atom is -0.487 e. The van der Waals surface area contributed by atoms with Crippen LogP contribution in [-0.4, -0.2) is 48.5 Å². The standard InChI is InChI=1S/C25H29Cl2N3O3/c1-16-13-19(7-8-21(16)26)29-12-10-20(15-29)33-24-9-6-18(14-22(24)27)28-25(32)23-5-3-4-11-30(23)17(2)31/h6-9,13-14,20,23H,3-5,10-12,15H2,1-2H3,(H,28,32)/t20-,23+/m0/s1. The van der Waals surface area contributed by atoms with E-state index < -0.39 is 6.04 Å². The number of aryl methyl sites for hydroxylation is 1. The van der Waals surface area contributed by atoms with Crippen LogP contribution in [0.3, 0.4) is 0 Å². The van der Waals surface area contributed by atoms with E-state index in [-0.39, 0.29) is 17.9 Å². The zero-order valence-corrected chi connectivity index (χ0v) is 20.5. The average Bonchev–Trinajstić information content (AvgIpc) is 3.26. The Hall–Kier alpha value is -2.44. The van der Waals surface area contributed by atoms with Crippen molar-refractivity contribution < 1.29 is 14.3 Å². The lowest BCUT2D eigenvalue weighted by Crippen LogP contribution is -2.49. The van der Waals surface area contributed by atoms with Crippen LogP contribution in [0, 0.1) is 6.92 Å². The van der Waals surface area contributed by atoms with Gasteiger partial charge in [-0.25, -0.2) is 0 Å².